The molecule has 0 bridgehead atoms. The van der Waals surface area contributed by atoms with Gasteiger partial charge in [0, 0.05) is 6.07 Å². The van der Waals surface area contributed by atoms with Gasteiger partial charge in [-0.1, -0.05) is 18.9 Å². The number of benzene rings is 1. The van der Waals surface area contributed by atoms with Crippen LogP contribution in [0.15, 0.2) is 22.6 Å². The summed E-state index contributed by atoms with van der Waals surface area (Å²) in [5.41, 5.74) is 0.0954. The van der Waals surface area contributed by atoms with Crippen LogP contribution in [-0.4, -0.2) is 27.2 Å². The van der Waals surface area contributed by atoms with E-state index in [1.54, 1.807) is 12.1 Å². The maximum atomic E-state index is 11.0. The van der Waals surface area contributed by atoms with Gasteiger partial charge in [0.15, 0.2) is 11.1 Å². The molecule has 0 spiro atoms. The third kappa shape index (κ3) is 2.09. The normalized spacial score (nSPS) is 17.4. The highest BCUT2D eigenvalue weighted by molar-refractivity contribution is 5.84. The van der Waals surface area contributed by atoms with E-state index in [-0.39, 0.29) is 23.8 Å². The van der Waals surface area contributed by atoms with Gasteiger partial charge < -0.3 is 14.8 Å². The van der Waals surface area contributed by atoms with Crippen molar-refractivity contribution in [2.45, 2.75) is 31.2 Å². The summed E-state index contributed by atoms with van der Waals surface area (Å²) in [7, 11) is 0. The van der Waals surface area contributed by atoms with E-state index in [2.05, 4.69) is 10.3 Å². The predicted molar refractivity (Wildman–Crippen MR) is 72.6 cm³/mol. The van der Waals surface area contributed by atoms with Crippen molar-refractivity contribution in [1.29, 1.82) is 0 Å². The van der Waals surface area contributed by atoms with Crippen molar-refractivity contribution in [3.8, 4) is 0 Å². The summed E-state index contributed by atoms with van der Waals surface area (Å²) in [6.45, 7) is -0.00613. The molecule has 1 aliphatic carbocycles. The maximum absolute atomic E-state index is 11.0. The summed E-state index contributed by atoms with van der Waals surface area (Å²) >= 11 is 0. The summed E-state index contributed by atoms with van der Waals surface area (Å²) in [4.78, 5) is 14.6. The van der Waals surface area contributed by atoms with E-state index >= 15 is 0 Å². The summed E-state index contributed by atoms with van der Waals surface area (Å²) in [5, 5.41) is 23.6. The highest BCUT2D eigenvalue weighted by Gasteiger charge is 2.34. The molecule has 1 aromatic carbocycles. The van der Waals surface area contributed by atoms with Crippen molar-refractivity contribution in [2.75, 3.05) is 11.9 Å². The van der Waals surface area contributed by atoms with Gasteiger partial charge >= 0.3 is 0 Å². The summed E-state index contributed by atoms with van der Waals surface area (Å²) < 4.78 is 5.51. The van der Waals surface area contributed by atoms with E-state index in [0.717, 1.165) is 25.7 Å². The third-order valence-corrected chi connectivity index (χ3v) is 3.83. The van der Waals surface area contributed by atoms with Gasteiger partial charge in [0.2, 0.25) is 0 Å². The molecule has 0 amide bonds. The molecule has 1 aliphatic rings. The molecule has 2 aromatic rings. The number of oxazole rings is 1. The van der Waals surface area contributed by atoms with Gasteiger partial charge in [0.1, 0.15) is 0 Å². The minimum atomic E-state index is -0.480. The Kier molecular flexibility index (Phi) is 3.06. The number of aliphatic hydroxyl groups is 1. The zero-order valence-corrected chi connectivity index (χ0v) is 10.8. The molecule has 0 atom stereocenters. The smallest absolute Gasteiger partial charge is 0.298 e. The molecule has 7 nitrogen and oxygen atoms in total. The zero-order valence-electron chi connectivity index (χ0n) is 10.8. The number of nitro groups is 1. The highest BCUT2D eigenvalue weighted by atomic mass is 16.6. The van der Waals surface area contributed by atoms with E-state index in [0.29, 0.717) is 5.58 Å². The van der Waals surface area contributed by atoms with Gasteiger partial charge in [-0.05, 0) is 18.9 Å². The number of nitrogens with zero attached hydrogens (tertiary/aromatic N) is 2. The van der Waals surface area contributed by atoms with E-state index in [1.807, 2.05) is 0 Å². The first-order valence-electron chi connectivity index (χ1n) is 6.57. The molecule has 0 aliphatic heterocycles. The van der Waals surface area contributed by atoms with Crippen LogP contribution >= 0.6 is 0 Å². The second kappa shape index (κ2) is 4.75. The molecule has 7 heteroatoms. The molecule has 0 saturated heterocycles. The van der Waals surface area contributed by atoms with Crippen LogP contribution in [-0.2, 0) is 0 Å². The van der Waals surface area contributed by atoms with Crippen LogP contribution < -0.4 is 5.32 Å². The lowest BCUT2D eigenvalue weighted by atomic mass is 9.99. The summed E-state index contributed by atoms with van der Waals surface area (Å²) in [5.74, 6) is 0. The quantitative estimate of drug-likeness (QED) is 0.657. The average molecular weight is 277 g/mol. The number of para-hydroxylation sites is 1. The summed E-state index contributed by atoms with van der Waals surface area (Å²) in [6.07, 6.45) is 3.75. The van der Waals surface area contributed by atoms with Gasteiger partial charge in [-0.2, -0.15) is 4.98 Å². The molecule has 3 rings (SSSR count). The average Bonchev–Trinajstić information content (AvgIpc) is 3.04. The van der Waals surface area contributed by atoms with E-state index in [4.69, 9.17) is 4.42 Å². The number of nitrogens with one attached hydrogen (secondary N) is 1. The summed E-state index contributed by atoms with van der Waals surface area (Å²) in [6, 6.07) is 4.82. The fourth-order valence-corrected chi connectivity index (χ4v) is 2.74. The van der Waals surface area contributed by atoms with Crippen LogP contribution in [0.5, 0.6) is 0 Å². The van der Waals surface area contributed by atoms with Crippen LogP contribution in [0.25, 0.3) is 11.1 Å². The topological polar surface area (TPSA) is 101 Å². The van der Waals surface area contributed by atoms with Crippen LogP contribution in [0.1, 0.15) is 25.7 Å². The molecule has 1 aromatic heterocycles. The number of fused-ring (bicyclic) bond motifs is 1. The largest absolute Gasteiger partial charge is 0.423 e. The number of aliphatic hydroxyl groups excluding tert-OH is 1. The van der Waals surface area contributed by atoms with Crippen molar-refractivity contribution in [2.24, 2.45) is 0 Å². The van der Waals surface area contributed by atoms with Crippen molar-refractivity contribution < 1.29 is 14.4 Å². The van der Waals surface area contributed by atoms with Crippen molar-refractivity contribution in [3.05, 3.63) is 28.3 Å². The number of nitro benzene ring substituents is 1. The molecular weight excluding hydrogens is 262 g/mol. The van der Waals surface area contributed by atoms with Gasteiger partial charge in [-0.25, -0.2) is 0 Å². The number of anilines is 1. The monoisotopic (exact) mass is 277 g/mol. The fourth-order valence-electron chi connectivity index (χ4n) is 2.74. The molecule has 1 fully saturated rings. The van der Waals surface area contributed by atoms with Crippen molar-refractivity contribution >= 4 is 22.8 Å². The van der Waals surface area contributed by atoms with Crippen molar-refractivity contribution in [3.63, 3.8) is 0 Å². The Labute approximate surface area is 114 Å². The van der Waals surface area contributed by atoms with E-state index < -0.39 is 10.5 Å². The zero-order chi connectivity index (χ0) is 14.2. The van der Waals surface area contributed by atoms with E-state index in [9.17, 15) is 15.2 Å². The Morgan fingerprint density at radius 1 is 1.45 bits per heavy atom. The number of aromatic nitrogens is 1. The Morgan fingerprint density at radius 2 is 2.20 bits per heavy atom. The third-order valence-electron chi connectivity index (χ3n) is 3.83. The minimum Gasteiger partial charge on any atom is -0.423 e. The number of hydrogen-bond donors (Lipinski definition) is 2. The number of rotatable bonds is 4. The molecule has 1 saturated carbocycles. The molecule has 106 valence electrons. The Hall–Kier alpha value is -2.15. The Bertz CT molecular complexity index is 646. The number of hydrogen-bond acceptors (Lipinski definition) is 6. The number of non-ortho nitro benzene ring substituents is 1. The van der Waals surface area contributed by atoms with Gasteiger partial charge in [-0.15, -0.1) is 0 Å². The molecule has 2 N–H and O–H groups in total. The first-order valence-corrected chi connectivity index (χ1v) is 6.57. The molecule has 0 unspecified atom stereocenters. The van der Waals surface area contributed by atoms with Crippen LogP contribution in [0, 0.1) is 10.1 Å². The lowest BCUT2D eigenvalue weighted by Crippen LogP contribution is -2.39. The molecule has 1 heterocycles. The van der Waals surface area contributed by atoms with Gasteiger partial charge in [0.25, 0.3) is 11.7 Å². The fraction of sp³-hybridized carbons (Fsp3) is 0.462. The highest BCUT2D eigenvalue weighted by Crippen LogP contribution is 2.34. The maximum Gasteiger partial charge on any atom is 0.298 e. The second-order valence-electron chi connectivity index (χ2n) is 5.17. The van der Waals surface area contributed by atoms with Gasteiger partial charge in [0.05, 0.1) is 17.1 Å². The molecular formula is C13H15N3O4. The lowest BCUT2D eigenvalue weighted by molar-refractivity contribution is -0.383. The first-order chi connectivity index (χ1) is 9.63. The van der Waals surface area contributed by atoms with Crippen LogP contribution in [0.2, 0.25) is 0 Å². The van der Waals surface area contributed by atoms with Crippen molar-refractivity contribution in [1.82, 2.24) is 4.98 Å². The minimum absolute atomic E-state index is 0.00613. The standard InChI is InChI=1S/C13H15N3O4/c17-8-13(6-1-2-7-13)15-12-14-11-9(16(18)19)4-3-5-10(11)20-12/h3-5,17H,1-2,6-8H2,(H,14,15). The SMILES string of the molecule is O=[N+]([O-])c1cccc2oc(NC3(CO)CCCC3)nc12. The Morgan fingerprint density at radius 3 is 2.85 bits per heavy atom. The van der Waals surface area contributed by atoms with E-state index in [1.165, 1.54) is 6.07 Å². The Balaban J connectivity index is 1.97. The second-order valence-corrected chi connectivity index (χ2v) is 5.17. The molecule has 0 radical (unpaired) electrons. The van der Waals surface area contributed by atoms with Gasteiger partial charge in [-0.3, -0.25) is 10.1 Å². The van der Waals surface area contributed by atoms with Crippen LogP contribution in [0.4, 0.5) is 11.7 Å². The van der Waals surface area contributed by atoms with Crippen LogP contribution in [0.3, 0.4) is 0 Å². The first kappa shape index (κ1) is 12.9. The predicted octanol–water partition coefficient (Wildman–Crippen LogP) is 2.45. The lowest BCUT2D eigenvalue weighted by Gasteiger charge is -2.26. The molecule has 20 heavy (non-hydrogen) atoms.